The molecule has 1 atom stereocenters. The van der Waals surface area contributed by atoms with Crippen molar-refractivity contribution in [1.82, 2.24) is 4.98 Å². The van der Waals surface area contributed by atoms with Crippen LogP contribution < -0.4 is 4.90 Å². The molecule has 0 spiro atoms. The number of ether oxygens (including phenoxy) is 1. The summed E-state index contributed by atoms with van der Waals surface area (Å²) < 4.78 is 6.10. The standard InChI is InChI=1S/C13H17BrN2O2/c1-3-18-13(17)11-5-4-8-16(11)12-7-6-10(14)9(2)15-12/h6-7,11H,3-5,8H2,1-2H3. The Kier molecular flexibility index (Phi) is 4.22. The fourth-order valence-corrected chi connectivity index (χ4v) is 2.44. The molecule has 1 aromatic heterocycles. The van der Waals surface area contributed by atoms with Crippen molar-refractivity contribution in [2.45, 2.75) is 32.7 Å². The van der Waals surface area contributed by atoms with Crippen molar-refractivity contribution in [2.24, 2.45) is 0 Å². The number of aromatic nitrogens is 1. The number of carbonyl (C=O) groups excluding carboxylic acids is 1. The maximum atomic E-state index is 11.9. The predicted molar refractivity (Wildman–Crippen MR) is 73.7 cm³/mol. The molecule has 18 heavy (non-hydrogen) atoms. The first-order chi connectivity index (χ1) is 8.63. The number of esters is 1. The molecule has 4 nitrogen and oxygen atoms in total. The van der Waals surface area contributed by atoms with E-state index in [-0.39, 0.29) is 12.0 Å². The van der Waals surface area contributed by atoms with Crippen molar-refractivity contribution < 1.29 is 9.53 Å². The van der Waals surface area contributed by atoms with E-state index in [0.29, 0.717) is 6.61 Å². The topological polar surface area (TPSA) is 42.4 Å². The van der Waals surface area contributed by atoms with E-state index in [4.69, 9.17) is 4.74 Å². The summed E-state index contributed by atoms with van der Waals surface area (Å²) in [6, 6.07) is 3.73. The molecular weight excluding hydrogens is 296 g/mol. The van der Waals surface area contributed by atoms with Gasteiger partial charge in [-0.15, -0.1) is 0 Å². The Morgan fingerprint density at radius 1 is 1.61 bits per heavy atom. The van der Waals surface area contributed by atoms with E-state index < -0.39 is 0 Å². The minimum absolute atomic E-state index is 0.141. The van der Waals surface area contributed by atoms with Crippen LogP contribution in [0.2, 0.25) is 0 Å². The minimum atomic E-state index is -0.182. The van der Waals surface area contributed by atoms with Crippen LogP contribution in [-0.4, -0.2) is 30.1 Å². The van der Waals surface area contributed by atoms with Crippen LogP contribution in [0, 0.1) is 6.92 Å². The van der Waals surface area contributed by atoms with Crippen LogP contribution in [0.1, 0.15) is 25.5 Å². The van der Waals surface area contributed by atoms with Gasteiger partial charge in [0.1, 0.15) is 11.9 Å². The molecule has 0 saturated carbocycles. The summed E-state index contributed by atoms with van der Waals surface area (Å²) in [6.45, 7) is 5.07. The molecule has 1 fully saturated rings. The number of rotatable bonds is 3. The smallest absolute Gasteiger partial charge is 0.328 e. The highest BCUT2D eigenvalue weighted by Crippen LogP contribution is 2.26. The fourth-order valence-electron chi connectivity index (χ4n) is 2.22. The second kappa shape index (κ2) is 5.69. The Hall–Kier alpha value is -1.10. The molecule has 0 N–H and O–H groups in total. The molecule has 2 rings (SSSR count). The van der Waals surface area contributed by atoms with Gasteiger partial charge in [-0.1, -0.05) is 0 Å². The zero-order valence-corrected chi connectivity index (χ0v) is 12.2. The predicted octanol–water partition coefficient (Wildman–Crippen LogP) is 2.68. The Morgan fingerprint density at radius 3 is 3.06 bits per heavy atom. The summed E-state index contributed by atoms with van der Waals surface area (Å²) >= 11 is 3.43. The van der Waals surface area contributed by atoms with E-state index in [2.05, 4.69) is 20.9 Å². The lowest BCUT2D eigenvalue weighted by atomic mass is 10.2. The molecule has 0 radical (unpaired) electrons. The van der Waals surface area contributed by atoms with Gasteiger partial charge in [-0.3, -0.25) is 0 Å². The Bertz CT molecular complexity index is 451. The number of anilines is 1. The van der Waals surface area contributed by atoms with Gasteiger partial charge in [-0.25, -0.2) is 9.78 Å². The van der Waals surface area contributed by atoms with E-state index in [1.165, 1.54) is 0 Å². The monoisotopic (exact) mass is 312 g/mol. The van der Waals surface area contributed by atoms with Crippen LogP contribution in [0.3, 0.4) is 0 Å². The summed E-state index contributed by atoms with van der Waals surface area (Å²) in [5.74, 6) is 0.712. The molecule has 0 aromatic carbocycles. The van der Waals surface area contributed by atoms with Crippen LogP contribution in [-0.2, 0) is 9.53 Å². The summed E-state index contributed by atoms with van der Waals surface area (Å²) in [5, 5.41) is 0. The van der Waals surface area contributed by atoms with E-state index >= 15 is 0 Å². The van der Waals surface area contributed by atoms with E-state index in [1.54, 1.807) is 0 Å². The number of pyridine rings is 1. The third-order valence-electron chi connectivity index (χ3n) is 3.11. The molecule has 5 heteroatoms. The second-order valence-electron chi connectivity index (χ2n) is 4.34. The van der Waals surface area contributed by atoms with Crippen molar-refractivity contribution >= 4 is 27.7 Å². The highest BCUT2D eigenvalue weighted by Gasteiger charge is 2.32. The molecule has 1 aliphatic heterocycles. The van der Waals surface area contributed by atoms with Crippen LogP contribution in [0.5, 0.6) is 0 Å². The van der Waals surface area contributed by atoms with Crippen molar-refractivity contribution in [3.63, 3.8) is 0 Å². The van der Waals surface area contributed by atoms with Gasteiger partial charge >= 0.3 is 5.97 Å². The number of halogens is 1. The van der Waals surface area contributed by atoms with Crippen LogP contribution >= 0.6 is 15.9 Å². The molecule has 0 amide bonds. The first-order valence-corrected chi connectivity index (χ1v) is 6.99. The summed E-state index contributed by atoms with van der Waals surface area (Å²) in [7, 11) is 0. The van der Waals surface area contributed by atoms with Gasteiger partial charge in [0, 0.05) is 11.0 Å². The molecule has 0 aliphatic carbocycles. The Balaban J connectivity index is 2.20. The average Bonchev–Trinajstić information content (AvgIpc) is 2.82. The molecule has 1 saturated heterocycles. The van der Waals surface area contributed by atoms with Crippen molar-refractivity contribution in [3.05, 3.63) is 22.3 Å². The van der Waals surface area contributed by atoms with Crippen LogP contribution in [0.15, 0.2) is 16.6 Å². The number of nitrogens with zero attached hydrogens (tertiary/aromatic N) is 2. The molecule has 98 valence electrons. The quantitative estimate of drug-likeness (QED) is 0.805. The third kappa shape index (κ3) is 2.66. The first kappa shape index (κ1) is 13.3. The van der Waals surface area contributed by atoms with Gasteiger partial charge in [-0.2, -0.15) is 0 Å². The maximum absolute atomic E-state index is 11.9. The Morgan fingerprint density at radius 2 is 2.39 bits per heavy atom. The van der Waals surface area contributed by atoms with Crippen LogP contribution in [0.4, 0.5) is 5.82 Å². The fraction of sp³-hybridized carbons (Fsp3) is 0.538. The van der Waals surface area contributed by atoms with Crippen molar-refractivity contribution in [1.29, 1.82) is 0 Å². The van der Waals surface area contributed by atoms with Gasteiger partial charge in [0.25, 0.3) is 0 Å². The SMILES string of the molecule is CCOC(=O)C1CCCN1c1ccc(Br)c(C)n1. The van der Waals surface area contributed by atoms with E-state index in [1.807, 2.05) is 30.9 Å². The summed E-state index contributed by atoms with van der Waals surface area (Å²) in [5.41, 5.74) is 0.932. The summed E-state index contributed by atoms with van der Waals surface area (Å²) in [4.78, 5) is 18.4. The minimum Gasteiger partial charge on any atom is -0.464 e. The highest BCUT2D eigenvalue weighted by atomic mass is 79.9. The van der Waals surface area contributed by atoms with Gasteiger partial charge in [0.2, 0.25) is 0 Å². The first-order valence-electron chi connectivity index (χ1n) is 6.20. The second-order valence-corrected chi connectivity index (χ2v) is 5.19. The van der Waals surface area contributed by atoms with Gasteiger partial charge in [-0.05, 0) is 54.8 Å². The normalized spacial score (nSPS) is 19.1. The lowest BCUT2D eigenvalue weighted by molar-refractivity contribution is -0.144. The zero-order chi connectivity index (χ0) is 13.1. The largest absolute Gasteiger partial charge is 0.464 e. The zero-order valence-electron chi connectivity index (χ0n) is 10.6. The lowest BCUT2D eigenvalue weighted by Gasteiger charge is -2.24. The van der Waals surface area contributed by atoms with Crippen molar-refractivity contribution in [2.75, 3.05) is 18.1 Å². The summed E-state index contributed by atoms with van der Waals surface area (Å²) in [6.07, 6.45) is 1.84. The number of aryl methyl sites for hydroxylation is 1. The number of hydrogen-bond donors (Lipinski definition) is 0. The van der Waals surface area contributed by atoms with E-state index in [0.717, 1.165) is 35.4 Å². The molecular formula is C13H17BrN2O2. The molecule has 2 heterocycles. The van der Waals surface area contributed by atoms with E-state index in [9.17, 15) is 4.79 Å². The number of carbonyl (C=O) groups is 1. The molecule has 1 aliphatic rings. The Labute approximate surface area is 115 Å². The van der Waals surface area contributed by atoms with Gasteiger partial charge < -0.3 is 9.64 Å². The molecule has 1 unspecified atom stereocenters. The maximum Gasteiger partial charge on any atom is 0.328 e. The van der Waals surface area contributed by atoms with Gasteiger partial charge in [0.15, 0.2) is 0 Å². The van der Waals surface area contributed by atoms with Crippen LogP contribution in [0.25, 0.3) is 0 Å². The number of hydrogen-bond acceptors (Lipinski definition) is 4. The third-order valence-corrected chi connectivity index (χ3v) is 3.95. The highest BCUT2D eigenvalue weighted by molar-refractivity contribution is 9.10. The average molecular weight is 313 g/mol. The molecule has 0 bridgehead atoms. The molecule has 1 aromatic rings. The lowest BCUT2D eigenvalue weighted by Crippen LogP contribution is -2.37. The van der Waals surface area contributed by atoms with Crippen molar-refractivity contribution in [3.8, 4) is 0 Å². The van der Waals surface area contributed by atoms with Gasteiger partial charge in [0.05, 0.1) is 12.3 Å².